The van der Waals surface area contributed by atoms with Gasteiger partial charge in [0.1, 0.15) is 5.82 Å². The number of benzene rings is 2. The van der Waals surface area contributed by atoms with Gasteiger partial charge in [-0.25, -0.2) is 9.37 Å². The summed E-state index contributed by atoms with van der Waals surface area (Å²) in [6.45, 7) is 1.91. The molecule has 2 aromatic carbocycles. The molecular formula is C22H14F4N4. The highest BCUT2D eigenvalue weighted by Crippen LogP contribution is 2.39. The summed E-state index contributed by atoms with van der Waals surface area (Å²) in [4.78, 5) is 10.8. The second kappa shape index (κ2) is 6.41. The maximum absolute atomic E-state index is 15.2. The SMILES string of the molecule is Cc1cccc(-c2cn3c(-c4ccc5[nH]ccc5c4F)c(C(F)(F)F)nc3cn2)c1. The van der Waals surface area contributed by atoms with Crippen molar-refractivity contribution in [3.8, 4) is 22.5 Å². The Balaban J connectivity index is 1.83. The fourth-order valence-corrected chi connectivity index (χ4v) is 3.64. The Bertz CT molecular complexity index is 1410. The summed E-state index contributed by atoms with van der Waals surface area (Å²) in [5.74, 6) is -0.741. The summed E-state index contributed by atoms with van der Waals surface area (Å²) in [6, 6.07) is 11.8. The molecule has 3 heterocycles. The van der Waals surface area contributed by atoms with Crippen LogP contribution in [0.1, 0.15) is 11.3 Å². The minimum absolute atomic E-state index is 0.0118. The number of aromatic amines is 1. The van der Waals surface area contributed by atoms with E-state index in [1.54, 1.807) is 6.07 Å². The number of alkyl halides is 3. The van der Waals surface area contributed by atoms with Gasteiger partial charge in [0.05, 0.1) is 17.6 Å². The first-order valence-electron chi connectivity index (χ1n) is 9.11. The van der Waals surface area contributed by atoms with Gasteiger partial charge >= 0.3 is 6.18 Å². The lowest BCUT2D eigenvalue weighted by molar-refractivity contribution is -0.140. The number of halogens is 4. The molecule has 0 aliphatic heterocycles. The first kappa shape index (κ1) is 18.4. The van der Waals surface area contributed by atoms with E-state index in [-0.39, 0.29) is 22.3 Å². The van der Waals surface area contributed by atoms with Crippen molar-refractivity contribution in [2.75, 3.05) is 0 Å². The molecule has 0 fully saturated rings. The van der Waals surface area contributed by atoms with Gasteiger partial charge in [-0.3, -0.25) is 9.38 Å². The normalized spacial score (nSPS) is 12.2. The van der Waals surface area contributed by atoms with Crippen molar-refractivity contribution in [3.63, 3.8) is 0 Å². The predicted octanol–water partition coefficient (Wildman–Crippen LogP) is 6.01. The number of nitrogens with zero attached hydrogens (tertiary/aromatic N) is 3. The molecule has 1 N–H and O–H groups in total. The molecule has 4 nitrogen and oxygen atoms in total. The third-order valence-electron chi connectivity index (χ3n) is 5.01. The predicted molar refractivity (Wildman–Crippen MR) is 105 cm³/mol. The summed E-state index contributed by atoms with van der Waals surface area (Å²) in [5, 5.41) is 0.212. The fraction of sp³-hybridized carbons (Fsp3) is 0.0909. The Labute approximate surface area is 167 Å². The molecule has 0 unspecified atom stereocenters. The molecule has 0 atom stereocenters. The molecule has 3 aromatic heterocycles. The summed E-state index contributed by atoms with van der Waals surface area (Å²) in [7, 11) is 0. The number of rotatable bonds is 2. The largest absolute Gasteiger partial charge is 0.435 e. The van der Waals surface area contributed by atoms with E-state index in [1.807, 2.05) is 31.2 Å². The molecule has 0 amide bonds. The number of hydrogen-bond donors (Lipinski definition) is 1. The van der Waals surface area contributed by atoms with E-state index in [9.17, 15) is 13.2 Å². The second-order valence-corrected chi connectivity index (χ2v) is 7.04. The van der Waals surface area contributed by atoms with Crippen molar-refractivity contribution in [1.82, 2.24) is 19.4 Å². The monoisotopic (exact) mass is 410 g/mol. The quantitative estimate of drug-likeness (QED) is 0.362. The molecule has 5 aromatic rings. The Morgan fingerprint density at radius 2 is 1.90 bits per heavy atom. The Morgan fingerprint density at radius 1 is 1.07 bits per heavy atom. The van der Waals surface area contributed by atoms with Crippen molar-refractivity contribution in [1.29, 1.82) is 0 Å². The lowest BCUT2D eigenvalue weighted by atomic mass is 10.1. The highest BCUT2D eigenvalue weighted by atomic mass is 19.4. The smallest absolute Gasteiger partial charge is 0.361 e. The van der Waals surface area contributed by atoms with Crippen LogP contribution < -0.4 is 0 Å². The number of fused-ring (bicyclic) bond motifs is 2. The van der Waals surface area contributed by atoms with Crippen LogP contribution >= 0.6 is 0 Å². The summed E-state index contributed by atoms with van der Waals surface area (Å²) in [6.07, 6.45) is -0.494. The maximum Gasteiger partial charge on any atom is 0.435 e. The van der Waals surface area contributed by atoms with Crippen LogP contribution in [0.3, 0.4) is 0 Å². The van der Waals surface area contributed by atoms with Crippen LogP contribution in [0.2, 0.25) is 0 Å². The van der Waals surface area contributed by atoms with E-state index in [0.717, 1.165) is 11.1 Å². The first-order chi connectivity index (χ1) is 14.3. The molecule has 0 saturated carbocycles. The Morgan fingerprint density at radius 3 is 2.67 bits per heavy atom. The third-order valence-corrected chi connectivity index (χ3v) is 5.01. The average molecular weight is 410 g/mol. The zero-order valence-electron chi connectivity index (χ0n) is 15.6. The van der Waals surface area contributed by atoms with Gasteiger partial charge in [-0.05, 0) is 31.2 Å². The Kier molecular flexibility index (Phi) is 3.92. The number of imidazole rings is 1. The van der Waals surface area contributed by atoms with Crippen molar-refractivity contribution >= 4 is 16.6 Å². The van der Waals surface area contributed by atoms with Crippen LogP contribution in [0.5, 0.6) is 0 Å². The molecular weight excluding hydrogens is 396 g/mol. The molecule has 30 heavy (non-hydrogen) atoms. The molecule has 0 radical (unpaired) electrons. The zero-order valence-corrected chi connectivity index (χ0v) is 15.6. The van der Waals surface area contributed by atoms with Crippen LogP contribution in [0.4, 0.5) is 17.6 Å². The molecule has 8 heteroatoms. The first-order valence-corrected chi connectivity index (χ1v) is 9.11. The highest BCUT2D eigenvalue weighted by molar-refractivity contribution is 5.86. The third kappa shape index (κ3) is 2.83. The summed E-state index contributed by atoms with van der Waals surface area (Å²) < 4.78 is 57.9. The number of aromatic nitrogens is 4. The molecule has 0 bridgehead atoms. The second-order valence-electron chi connectivity index (χ2n) is 7.04. The van der Waals surface area contributed by atoms with E-state index in [2.05, 4.69) is 15.0 Å². The van der Waals surface area contributed by atoms with Gasteiger partial charge in [-0.15, -0.1) is 0 Å². The summed E-state index contributed by atoms with van der Waals surface area (Å²) in [5.41, 5.74) is 0.994. The number of hydrogen-bond acceptors (Lipinski definition) is 2. The van der Waals surface area contributed by atoms with Crippen molar-refractivity contribution in [3.05, 3.63) is 78.1 Å². The molecule has 0 saturated heterocycles. The molecule has 0 aliphatic rings. The van der Waals surface area contributed by atoms with Crippen LogP contribution in [0, 0.1) is 12.7 Å². The lowest BCUT2D eigenvalue weighted by Gasteiger charge is -2.10. The molecule has 0 spiro atoms. The lowest BCUT2D eigenvalue weighted by Crippen LogP contribution is -2.08. The topological polar surface area (TPSA) is 46.0 Å². The van der Waals surface area contributed by atoms with Crippen LogP contribution in [0.15, 0.2) is 61.1 Å². The maximum atomic E-state index is 15.2. The average Bonchev–Trinajstić information content (AvgIpc) is 3.33. The van der Waals surface area contributed by atoms with E-state index in [4.69, 9.17) is 0 Å². The minimum atomic E-state index is -4.76. The molecule has 0 aliphatic carbocycles. The van der Waals surface area contributed by atoms with Crippen molar-refractivity contribution in [2.24, 2.45) is 0 Å². The number of nitrogens with one attached hydrogen (secondary N) is 1. The minimum Gasteiger partial charge on any atom is -0.361 e. The van der Waals surface area contributed by atoms with Gasteiger partial charge in [-0.2, -0.15) is 13.2 Å². The standard InChI is InChI=1S/C22H14F4N4/c1-12-3-2-4-13(9-12)17-11-30-18(10-28-17)29-21(22(24,25)26)20(30)15-5-6-16-14(19(15)23)7-8-27-16/h2-11,27H,1H3. The number of H-pyrrole nitrogens is 1. The molecule has 5 rings (SSSR count). The van der Waals surface area contributed by atoms with Crippen LogP contribution in [-0.4, -0.2) is 19.4 Å². The van der Waals surface area contributed by atoms with Crippen molar-refractivity contribution in [2.45, 2.75) is 13.1 Å². The van der Waals surface area contributed by atoms with E-state index >= 15 is 4.39 Å². The number of aryl methyl sites for hydroxylation is 1. The van der Waals surface area contributed by atoms with Gasteiger partial charge in [0.2, 0.25) is 0 Å². The fourth-order valence-electron chi connectivity index (χ4n) is 3.64. The van der Waals surface area contributed by atoms with E-state index < -0.39 is 17.7 Å². The zero-order chi connectivity index (χ0) is 21.0. The van der Waals surface area contributed by atoms with Gasteiger partial charge in [0.25, 0.3) is 0 Å². The van der Waals surface area contributed by atoms with Gasteiger partial charge in [0, 0.05) is 34.4 Å². The van der Waals surface area contributed by atoms with E-state index in [1.165, 1.54) is 35.1 Å². The van der Waals surface area contributed by atoms with Crippen molar-refractivity contribution < 1.29 is 17.6 Å². The molecule has 150 valence electrons. The summed E-state index contributed by atoms with van der Waals surface area (Å²) >= 11 is 0. The van der Waals surface area contributed by atoms with Crippen LogP contribution in [-0.2, 0) is 6.18 Å². The van der Waals surface area contributed by atoms with E-state index in [0.29, 0.717) is 11.2 Å². The van der Waals surface area contributed by atoms with Gasteiger partial charge in [0.15, 0.2) is 11.3 Å². The van der Waals surface area contributed by atoms with Crippen LogP contribution in [0.25, 0.3) is 39.1 Å². The highest BCUT2D eigenvalue weighted by Gasteiger charge is 2.39. The van der Waals surface area contributed by atoms with Gasteiger partial charge < -0.3 is 4.98 Å². The van der Waals surface area contributed by atoms with Gasteiger partial charge in [-0.1, -0.05) is 23.8 Å². The Hall–Kier alpha value is -3.68.